The van der Waals surface area contributed by atoms with Crippen molar-refractivity contribution in [1.29, 1.82) is 0 Å². The zero-order valence-corrected chi connectivity index (χ0v) is 13.2. The molecular weight excluding hydrogens is 268 g/mol. The maximum absolute atomic E-state index is 12.0. The molecule has 1 fully saturated rings. The molecule has 2 heterocycles. The minimum atomic E-state index is -0.417. The fraction of sp³-hybridized carbons (Fsp3) is 0.733. The number of piperidine rings is 1. The average Bonchev–Trinajstić information content (AvgIpc) is 2.91. The zero-order valence-electron chi connectivity index (χ0n) is 13.2. The summed E-state index contributed by atoms with van der Waals surface area (Å²) in [5, 5.41) is 3.43. The van der Waals surface area contributed by atoms with E-state index in [0.29, 0.717) is 5.92 Å². The van der Waals surface area contributed by atoms with Crippen LogP contribution in [0.4, 0.5) is 4.79 Å². The number of carbonyl (C=O) groups excluding carboxylic acids is 1. The summed E-state index contributed by atoms with van der Waals surface area (Å²) in [6.07, 6.45) is 5.38. The Morgan fingerprint density at radius 1 is 1.48 bits per heavy atom. The van der Waals surface area contributed by atoms with Crippen molar-refractivity contribution in [2.45, 2.75) is 45.8 Å². The molecule has 118 valence electrons. The number of aromatic amines is 1. The van der Waals surface area contributed by atoms with Crippen LogP contribution in [0.25, 0.3) is 0 Å². The Kier molecular flexibility index (Phi) is 5.22. The molecule has 2 rings (SSSR count). The number of aromatic nitrogens is 2. The molecule has 0 bridgehead atoms. The number of rotatable bonds is 4. The Hall–Kier alpha value is -1.56. The molecule has 0 spiro atoms. The number of likely N-dealkylation sites (tertiary alicyclic amines) is 1. The van der Waals surface area contributed by atoms with Crippen LogP contribution in [-0.2, 0) is 11.3 Å². The SMILES string of the molecule is CC(C)(C)OC(=O)N1CCC(CNCc2cnc[nH]2)CC1. The van der Waals surface area contributed by atoms with Gasteiger partial charge in [-0.2, -0.15) is 0 Å². The number of H-pyrrole nitrogens is 1. The number of nitrogens with zero attached hydrogens (tertiary/aromatic N) is 2. The van der Waals surface area contributed by atoms with E-state index in [1.165, 1.54) is 0 Å². The zero-order chi connectivity index (χ0) is 15.3. The van der Waals surface area contributed by atoms with Crippen molar-refractivity contribution in [3.05, 3.63) is 18.2 Å². The summed E-state index contributed by atoms with van der Waals surface area (Å²) in [5.74, 6) is 0.617. The maximum atomic E-state index is 12.0. The third-order valence-electron chi connectivity index (χ3n) is 3.57. The summed E-state index contributed by atoms with van der Waals surface area (Å²) in [6.45, 7) is 9.05. The largest absolute Gasteiger partial charge is 0.444 e. The Morgan fingerprint density at radius 2 is 2.19 bits per heavy atom. The van der Waals surface area contributed by atoms with E-state index in [1.54, 1.807) is 6.33 Å². The molecule has 0 saturated carbocycles. The topological polar surface area (TPSA) is 70.2 Å². The number of ether oxygens (including phenoxy) is 1. The highest BCUT2D eigenvalue weighted by Gasteiger charge is 2.26. The molecule has 1 aliphatic heterocycles. The van der Waals surface area contributed by atoms with E-state index in [0.717, 1.165) is 44.7 Å². The van der Waals surface area contributed by atoms with Gasteiger partial charge in [-0.1, -0.05) is 0 Å². The second kappa shape index (κ2) is 6.93. The number of hydrogen-bond donors (Lipinski definition) is 2. The minimum absolute atomic E-state index is 0.189. The van der Waals surface area contributed by atoms with E-state index in [1.807, 2.05) is 31.9 Å². The first-order valence-corrected chi connectivity index (χ1v) is 7.60. The van der Waals surface area contributed by atoms with Gasteiger partial charge in [-0.25, -0.2) is 9.78 Å². The Labute approximate surface area is 126 Å². The molecule has 1 aromatic rings. The van der Waals surface area contributed by atoms with Gasteiger partial charge >= 0.3 is 6.09 Å². The summed E-state index contributed by atoms with van der Waals surface area (Å²) >= 11 is 0. The minimum Gasteiger partial charge on any atom is -0.444 e. The summed E-state index contributed by atoms with van der Waals surface area (Å²) in [7, 11) is 0. The van der Waals surface area contributed by atoms with Crippen LogP contribution in [0.2, 0.25) is 0 Å². The van der Waals surface area contributed by atoms with Crippen molar-refractivity contribution in [2.75, 3.05) is 19.6 Å². The molecular formula is C15H26N4O2. The predicted molar refractivity (Wildman–Crippen MR) is 80.8 cm³/mol. The normalized spacial score (nSPS) is 17.0. The molecule has 0 aliphatic carbocycles. The van der Waals surface area contributed by atoms with Crippen molar-refractivity contribution in [3.63, 3.8) is 0 Å². The van der Waals surface area contributed by atoms with Crippen LogP contribution in [-0.4, -0.2) is 46.2 Å². The van der Waals surface area contributed by atoms with Crippen LogP contribution >= 0.6 is 0 Å². The van der Waals surface area contributed by atoms with Crippen LogP contribution in [0.1, 0.15) is 39.3 Å². The molecule has 0 unspecified atom stereocenters. The highest BCUT2D eigenvalue weighted by Crippen LogP contribution is 2.19. The molecule has 1 aromatic heterocycles. The van der Waals surface area contributed by atoms with Crippen LogP contribution in [0.5, 0.6) is 0 Å². The lowest BCUT2D eigenvalue weighted by atomic mass is 9.97. The molecule has 0 atom stereocenters. The number of imidazole rings is 1. The van der Waals surface area contributed by atoms with E-state index in [-0.39, 0.29) is 6.09 Å². The quantitative estimate of drug-likeness (QED) is 0.892. The summed E-state index contributed by atoms with van der Waals surface area (Å²) in [6, 6.07) is 0. The van der Waals surface area contributed by atoms with Gasteiger partial charge in [-0.3, -0.25) is 0 Å². The second-order valence-corrected chi connectivity index (χ2v) is 6.62. The fourth-order valence-electron chi connectivity index (χ4n) is 2.44. The molecule has 6 nitrogen and oxygen atoms in total. The van der Waals surface area contributed by atoms with Crippen molar-refractivity contribution < 1.29 is 9.53 Å². The summed E-state index contributed by atoms with van der Waals surface area (Å²) < 4.78 is 5.40. The van der Waals surface area contributed by atoms with Crippen molar-refractivity contribution in [3.8, 4) is 0 Å². The molecule has 6 heteroatoms. The van der Waals surface area contributed by atoms with Gasteiger partial charge in [0.1, 0.15) is 5.60 Å². The predicted octanol–water partition coefficient (Wildman–Crippen LogP) is 2.15. The molecule has 2 N–H and O–H groups in total. The fourth-order valence-corrected chi connectivity index (χ4v) is 2.44. The number of hydrogen-bond acceptors (Lipinski definition) is 4. The van der Waals surface area contributed by atoms with Gasteiger partial charge in [0.15, 0.2) is 0 Å². The Bertz CT molecular complexity index is 431. The second-order valence-electron chi connectivity index (χ2n) is 6.62. The maximum Gasteiger partial charge on any atom is 0.410 e. The monoisotopic (exact) mass is 294 g/mol. The highest BCUT2D eigenvalue weighted by molar-refractivity contribution is 5.68. The van der Waals surface area contributed by atoms with Crippen LogP contribution in [0, 0.1) is 5.92 Å². The van der Waals surface area contributed by atoms with Gasteiger partial charge in [0.05, 0.1) is 6.33 Å². The van der Waals surface area contributed by atoms with Crippen molar-refractivity contribution >= 4 is 6.09 Å². The van der Waals surface area contributed by atoms with E-state index >= 15 is 0 Å². The van der Waals surface area contributed by atoms with Crippen LogP contribution in [0.15, 0.2) is 12.5 Å². The molecule has 1 amide bonds. The number of amides is 1. The van der Waals surface area contributed by atoms with Gasteiger partial charge in [0, 0.05) is 31.5 Å². The van der Waals surface area contributed by atoms with E-state index < -0.39 is 5.60 Å². The van der Waals surface area contributed by atoms with Gasteiger partial charge in [0.2, 0.25) is 0 Å². The van der Waals surface area contributed by atoms with Crippen molar-refractivity contribution in [2.24, 2.45) is 5.92 Å². The number of nitrogens with one attached hydrogen (secondary N) is 2. The third-order valence-corrected chi connectivity index (χ3v) is 3.57. The third kappa shape index (κ3) is 5.38. The van der Waals surface area contributed by atoms with Gasteiger partial charge in [0.25, 0.3) is 0 Å². The lowest BCUT2D eigenvalue weighted by Gasteiger charge is -2.33. The summed E-state index contributed by atoms with van der Waals surface area (Å²) in [5.41, 5.74) is 0.681. The van der Waals surface area contributed by atoms with Crippen LogP contribution in [0.3, 0.4) is 0 Å². The van der Waals surface area contributed by atoms with Gasteiger partial charge in [-0.15, -0.1) is 0 Å². The highest BCUT2D eigenvalue weighted by atomic mass is 16.6. The van der Waals surface area contributed by atoms with Crippen molar-refractivity contribution in [1.82, 2.24) is 20.2 Å². The lowest BCUT2D eigenvalue weighted by Crippen LogP contribution is -2.43. The molecule has 0 radical (unpaired) electrons. The lowest BCUT2D eigenvalue weighted by molar-refractivity contribution is 0.0184. The first-order valence-electron chi connectivity index (χ1n) is 7.60. The van der Waals surface area contributed by atoms with Crippen LogP contribution < -0.4 is 5.32 Å². The number of carbonyl (C=O) groups is 1. The molecule has 1 saturated heterocycles. The first-order chi connectivity index (χ1) is 9.94. The van der Waals surface area contributed by atoms with E-state index in [4.69, 9.17) is 4.74 Å². The first kappa shape index (κ1) is 15.8. The Balaban J connectivity index is 1.65. The molecule has 21 heavy (non-hydrogen) atoms. The molecule has 0 aromatic carbocycles. The van der Waals surface area contributed by atoms with E-state index in [9.17, 15) is 4.79 Å². The smallest absolute Gasteiger partial charge is 0.410 e. The van der Waals surface area contributed by atoms with Gasteiger partial charge in [-0.05, 0) is 46.1 Å². The summed E-state index contributed by atoms with van der Waals surface area (Å²) in [4.78, 5) is 20.9. The Morgan fingerprint density at radius 3 is 2.76 bits per heavy atom. The molecule has 1 aliphatic rings. The average molecular weight is 294 g/mol. The van der Waals surface area contributed by atoms with Gasteiger partial charge < -0.3 is 19.9 Å². The standard InChI is InChI=1S/C15H26N4O2/c1-15(2,3)21-14(20)19-6-4-12(5-7-19)8-16-9-13-10-17-11-18-13/h10-12,16H,4-9H2,1-3H3,(H,17,18). The van der Waals surface area contributed by atoms with E-state index in [2.05, 4.69) is 15.3 Å².